The summed E-state index contributed by atoms with van der Waals surface area (Å²) in [6.45, 7) is 18.6. The highest BCUT2D eigenvalue weighted by atomic mass is 28.5. The molecule has 0 atom stereocenters. The second-order valence-electron chi connectivity index (χ2n) is 5.63. The van der Waals surface area contributed by atoms with E-state index in [1.165, 1.54) is 0 Å². The summed E-state index contributed by atoms with van der Waals surface area (Å²) in [6.07, 6.45) is 0. The molecule has 152 valence electrons. The van der Waals surface area contributed by atoms with E-state index in [1.807, 2.05) is 27.7 Å². The van der Waals surface area contributed by atoms with Gasteiger partial charge in [-0.2, -0.15) is 0 Å². The van der Waals surface area contributed by atoms with E-state index in [4.69, 9.17) is 25.9 Å². The maximum absolute atomic E-state index is 6.69. The average Bonchev–Trinajstić information content (AvgIpc) is 2.61. The highest BCUT2D eigenvalue weighted by Gasteiger charge is 2.54. The van der Waals surface area contributed by atoms with Gasteiger partial charge in [-0.25, -0.2) is 0 Å². The van der Waals surface area contributed by atoms with Gasteiger partial charge in [0, 0.05) is 38.5 Å². The van der Waals surface area contributed by atoms with E-state index in [2.05, 4.69) is 27.7 Å². The van der Waals surface area contributed by atoms with Crippen molar-refractivity contribution in [2.75, 3.05) is 26.4 Å². The lowest BCUT2D eigenvalue weighted by Gasteiger charge is -2.42. The van der Waals surface area contributed by atoms with Crippen molar-refractivity contribution in [1.82, 2.24) is 0 Å². The van der Waals surface area contributed by atoms with Gasteiger partial charge in [0.25, 0.3) is 0 Å². The highest BCUT2D eigenvalue weighted by Crippen LogP contribution is 2.32. The maximum Gasteiger partial charge on any atom is 0.491 e. The van der Waals surface area contributed by atoms with E-state index in [9.17, 15) is 0 Å². The molecule has 0 amide bonds. The van der Waals surface area contributed by atoms with E-state index < -0.39 is 26.2 Å². The minimum Gasteiger partial charge on any atom is -0.393 e. The van der Waals surface area contributed by atoms with Gasteiger partial charge < -0.3 is 25.9 Å². The van der Waals surface area contributed by atoms with Crippen molar-refractivity contribution in [1.29, 1.82) is 0 Å². The molecule has 0 radical (unpaired) electrons. The third-order valence-corrected chi connectivity index (χ3v) is 16.3. The smallest absolute Gasteiger partial charge is 0.393 e. The molecule has 0 saturated heterocycles. The highest BCUT2D eigenvalue weighted by molar-refractivity contribution is 6.84. The molecule has 0 aromatic carbocycles. The summed E-state index contributed by atoms with van der Waals surface area (Å²) < 4.78 is 37.5. The molecule has 0 rings (SSSR count). The summed E-state index contributed by atoms with van der Waals surface area (Å²) in [5.74, 6) is 0. The molecule has 0 aliphatic rings. The van der Waals surface area contributed by atoms with Crippen LogP contribution in [0.15, 0.2) is 0 Å². The fourth-order valence-electron chi connectivity index (χ4n) is 2.76. The molecule has 6 nitrogen and oxygen atoms in total. The molecular weight excluding hydrogens is 372 g/mol. The molecule has 0 N–H and O–H groups in total. The largest absolute Gasteiger partial charge is 0.491 e. The summed E-state index contributed by atoms with van der Waals surface area (Å²) >= 11 is 0. The monoisotopic (exact) mass is 412 g/mol. The molecule has 0 aromatic heterocycles. The van der Waals surface area contributed by atoms with Crippen LogP contribution in [-0.2, 0) is 25.9 Å². The Morgan fingerprint density at radius 3 is 0.880 bits per heavy atom. The van der Waals surface area contributed by atoms with Crippen LogP contribution in [0.25, 0.3) is 0 Å². The third-order valence-electron chi connectivity index (χ3n) is 4.08. The van der Waals surface area contributed by atoms with Gasteiger partial charge in [-0.1, -0.05) is 27.7 Å². The van der Waals surface area contributed by atoms with Crippen LogP contribution >= 0.6 is 0 Å². The zero-order valence-electron chi connectivity index (χ0n) is 17.6. The van der Waals surface area contributed by atoms with Crippen LogP contribution in [0.4, 0.5) is 0 Å². The standard InChI is InChI=1S/C16H40O6Si3/c1-9-17-24(15-7,18-10-2)21-23(13-5,14-6)22-25(16-8,19-11-3)20-12-4/h9-16H2,1-8H3. The molecule has 0 fully saturated rings. The fourth-order valence-corrected chi connectivity index (χ4v) is 15.5. The van der Waals surface area contributed by atoms with Crippen LogP contribution in [0.1, 0.15) is 55.4 Å². The van der Waals surface area contributed by atoms with Gasteiger partial charge >= 0.3 is 26.2 Å². The first-order valence-electron chi connectivity index (χ1n) is 9.86. The van der Waals surface area contributed by atoms with E-state index in [1.54, 1.807) is 0 Å². The normalized spacial score (nSPS) is 13.4. The Morgan fingerprint density at radius 1 is 0.440 bits per heavy atom. The Hall–Kier alpha value is 0.411. The first-order valence-corrected chi connectivity index (χ1v) is 16.0. The van der Waals surface area contributed by atoms with E-state index >= 15 is 0 Å². The van der Waals surface area contributed by atoms with Gasteiger partial charge in [-0.3, -0.25) is 0 Å². The number of rotatable bonds is 16. The van der Waals surface area contributed by atoms with Gasteiger partial charge in [0.1, 0.15) is 0 Å². The maximum atomic E-state index is 6.69. The Balaban J connectivity index is 5.69. The van der Waals surface area contributed by atoms with Gasteiger partial charge in [0.2, 0.25) is 0 Å². The van der Waals surface area contributed by atoms with Crippen molar-refractivity contribution in [3.8, 4) is 0 Å². The third kappa shape index (κ3) is 7.51. The topological polar surface area (TPSA) is 55.4 Å². The van der Waals surface area contributed by atoms with Crippen molar-refractivity contribution < 1.29 is 25.9 Å². The molecule has 9 heteroatoms. The molecule has 0 aliphatic heterocycles. The van der Waals surface area contributed by atoms with Gasteiger partial charge in [0.15, 0.2) is 0 Å². The van der Waals surface area contributed by atoms with Crippen molar-refractivity contribution in [2.24, 2.45) is 0 Å². The van der Waals surface area contributed by atoms with Crippen LogP contribution < -0.4 is 0 Å². The first kappa shape index (κ1) is 25.4. The van der Waals surface area contributed by atoms with Crippen LogP contribution in [0.5, 0.6) is 0 Å². The molecular formula is C16H40O6Si3. The minimum absolute atomic E-state index is 0.575. The summed E-state index contributed by atoms with van der Waals surface area (Å²) in [6, 6.07) is 3.09. The number of hydrogen-bond donors (Lipinski definition) is 0. The second kappa shape index (κ2) is 12.7. The molecule has 0 aliphatic carbocycles. The zero-order chi connectivity index (χ0) is 19.4. The minimum atomic E-state index is -2.76. The van der Waals surface area contributed by atoms with Crippen LogP contribution in [0.3, 0.4) is 0 Å². The quantitative estimate of drug-likeness (QED) is 0.346. The summed E-state index contributed by atoms with van der Waals surface area (Å²) in [4.78, 5) is 0. The van der Waals surface area contributed by atoms with Crippen molar-refractivity contribution >= 4 is 26.2 Å². The number of hydrogen-bond acceptors (Lipinski definition) is 6. The van der Waals surface area contributed by atoms with Crippen LogP contribution in [0, 0.1) is 0 Å². The van der Waals surface area contributed by atoms with Gasteiger partial charge in [-0.15, -0.1) is 0 Å². The molecule has 0 bridgehead atoms. The Labute approximate surface area is 158 Å². The first-order chi connectivity index (χ1) is 11.9. The Kier molecular flexibility index (Phi) is 12.9. The molecule has 0 aromatic rings. The van der Waals surface area contributed by atoms with Crippen molar-refractivity contribution in [3.63, 3.8) is 0 Å². The molecule has 0 spiro atoms. The second-order valence-corrected chi connectivity index (χ2v) is 15.8. The van der Waals surface area contributed by atoms with Crippen LogP contribution in [0.2, 0.25) is 24.2 Å². The lowest BCUT2D eigenvalue weighted by Crippen LogP contribution is -2.62. The predicted molar refractivity (Wildman–Crippen MR) is 108 cm³/mol. The van der Waals surface area contributed by atoms with E-state index in [-0.39, 0.29) is 0 Å². The zero-order valence-corrected chi connectivity index (χ0v) is 20.6. The van der Waals surface area contributed by atoms with Crippen molar-refractivity contribution in [2.45, 2.75) is 79.6 Å². The Bertz CT molecular complexity index is 302. The SMILES string of the molecule is CCO[Si](CC)(OCC)O[Si](CC)(CC)O[Si](CC)(OCC)OCC. The average molecular weight is 413 g/mol. The van der Waals surface area contributed by atoms with Crippen molar-refractivity contribution in [3.05, 3.63) is 0 Å². The summed E-state index contributed by atoms with van der Waals surface area (Å²) in [7, 11) is -8.10. The Morgan fingerprint density at radius 2 is 0.720 bits per heavy atom. The van der Waals surface area contributed by atoms with E-state index in [0.717, 1.165) is 24.2 Å². The fraction of sp³-hybridized carbons (Fsp3) is 1.00. The lowest BCUT2D eigenvalue weighted by atomic mass is 10.9. The summed E-state index contributed by atoms with van der Waals surface area (Å²) in [5.41, 5.74) is 0. The molecule has 0 saturated carbocycles. The molecule has 0 unspecified atom stereocenters. The predicted octanol–water partition coefficient (Wildman–Crippen LogP) is 4.57. The lowest BCUT2D eigenvalue weighted by molar-refractivity contribution is 0.0790. The summed E-state index contributed by atoms with van der Waals surface area (Å²) in [5, 5.41) is 0. The van der Waals surface area contributed by atoms with E-state index in [0.29, 0.717) is 26.4 Å². The van der Waals surface area contributed by atoms with Gasteiger partial charge in [0.05, 0.1) is 0 Å². The van der Waals surface area contributed by atoms with Gasteiger partial charge in [-0.05, 0) is 39.8 Å². The van der Waals surface area contributed by atoms with Crippen LogP contribution in [-0.4, -0.2) is 52.6 Å². The molecule has 0 heterocycles. The molecule has 25 heavy (non-hydrogen) atoms.